The molecule has 1 saturated heterocycles. The van der Waals surface area contributed by atoms with Gasteiger partial charge in [0.2, 0.25) is 11.8 Å². The van der Waals surface area contributed by atoms with E-state index in [1.807, 2.05) is 18.2 Å². The number of fused-ring (bicyclic) bond motifs is 3. The average Bonchev–Trinajstić information content (AvgIpc) is 3.03. The third-order valence-electron chi connectivity index (χ3n) is 6.81. The van der Waals surface area contributed by atoms with E-state index in [0.717, 1.165) is 4.90 Å². The number of imide groups is 1. The Morgan fingerprint density at radius 2 is 1.55 bits per heavy atom. The Balaban J connectivity index is 1.46. The van der Waals surface area contributed by atoms with Crippen molar-refractivity contribution in [2.24, 2.45) is 23.7 Å². The molecule has 31 heavy (non-hydrogen) atoms. The van der Waals surface area contributed by atoms with Crippen molar-refractivity contribution in [2.75, 3.05) is 4.90 Å². The van der Waals surface area contributed by atoms with Crippen LogP contribution in [-0.4, -0.2) is 40.0 Å². The lowest BCUT2D eigenvalue weighted by molar-refractivity contribution is -0.155. The zero-order valence-corrected chi connectivity index (χ0v) is 16.8. The molecule has 1 aliphatic heterocycles. The number of ketones is 1. The molecule has 0 aromatic heterocycles. The van der Waals surface area contributed by atoms with Crippen molar-refractivity contribution in [2.45, 2.75) is 31.5 Å². The standard InChI is InChI=1S/C24H23NO6/c26-18-12-19(27)22(28)20-16(18)9-10-17-21(20)24(30)25(23(17)29)13-5-4-8-15(11-13)31-14-6-2-1-3-7-14/h1-8,11,16-17,19-22,27-28H,9-10,12H2/t16-,17-,19-,20+,21-,22-/m1/s1. The van der Waals surface area contributed by atoms with Gasteiger partial charge in [-0.2, -0.15) is 0 Å². The summed E-state index contributed by atoms with van der Waals surface area (Å²) in [6.45, 7) is 0. The molecule has 1 heterocycles. The van der Waals surface area contributed by atoms with Crippen LogP contribution >= 0.6 is 0 Å². The number of benzene rings is 2. The fourth-order valence-corrected chi connectivity index (χ4v) is 5.41. The highest BCUT2D eigenvalue weighted by atomic mass is 16.5. The first kappa shape index (κ1) is 19.9. The summed E-state index contributed by atoms with van der Waals surface area (Å²) < 4.78 is 5.83. The molecule has 2 aromatic rings. The lowest BCUT2D eigenvalue weighted by atomic mass is 9.60. The first-order valence-electron chi connectivity index (χ1n) is 10.6. The van der Waals surface area contributed by atoms with Crippen molar-refractivity contribution in [1.29, 1.82) is 0 Å². The van der Waals surface area contributed by atoms with E-state index in [0.29, 0.717) is 30.0 Å². The largest absolute Gasteiger partial charge is 0.457 e. The molecular formula is C24H23NO6. The van der Waals surface area contributed by atoms with Crippen LogP contribution in [-0.2, 0) is 14.4 Å². The van der Waals surface area contributed by atoms with Crippen molar-refractivity contribution in [3.8, 4) is 11.5 Å². The van der Waals surface area contributed by atoms with Gasteiger partial charge in [0.1, 0.15) is 17.3 Å². The fourth-order valence-electron chi connectivity index (χ4n) is 5.41. The minimum Gasteiger partial charge on any atom is -0.457 e. The number of hydrogen-bond donors (Lipinski definition) is 2. The molecule has 3 aliphatic rings. The van der Waals surface area contributed by atoms with Gasteiger partial charge in [0.25, 0.3) is 0 Å². The zero-order chi connectivity index (χ0) is 21.7. The molecule has 7 heteroatoms. The maximum Gasteiger partial charge on any atom is 0.238 e. The molecule has 0 radical (unpaired) electrons. The molecule has 0 unspecified atom stereocenters. The summed E-state index contributed by atoms with van der Waals surface area (Å²) in [4.78, 5) is 40.2. The molecule has 2 aliphatic carbocycles. The van der Waals surface area contributed by atoms with Crippen LogP contribution in [0, 0.1) is 23.7 Å². The Morgan fingerprint density at radius 3 is 2.32 bits per heavy atom. The van der Waals surface area contributed by atoms with Crippen LogP contribution in [0.5, 0.6) is 11.5 Å². The second-order valence-corrected chi connectivity index (χ2v) is 8.55. The first-order valence-corrected chi connectivity index (χ1v) is 10.6. The number of hydrogen-bond acceptors (Lipinski definition) is 6. The average molecular weight is 421 g/mol. The molecule has 5 rings (SSSR count). The predicted octanol–water partition coefficient (Wildman–Crippen LogP) is 2.31. The molecule has 6 atom stereocenters. The van der Waals surface area contributed by atoms with Crippen LogP contribution in [0.25, 0.3) is 0 Å². The van der Waals surface area contributed by atoms with Crippen molar-refractivity contribution < 1.29 is 29.3 Å². The van der Waals surface area contributed by atoms with Crippen LogP contribution in [0.2, 0.25) is 0 Å². The number of ether oxygens (including phenoxy) is 1. The minimum atomic E-state index is -1.20. The number of para-hydroxylation sites is 1. The van der Waals surface area contributed by atoms with E-state index in [1.165, 1.54) is 0 Å². The minimum absolute atomic E-state index is 0.107. The summed E-state index contributed by atoms with van der Waals surface area (Å²) in [6.07, 6.45) is -1.64. The van der Waals surface area contributed by atoms with Gasteiger partial charge in [-0.05, 0) is 37.1 Å². The van der Waals surface area contributed by atoms with E-state index in [9.17, 15) is 24.6 Å². The van der Waals surface area contributed by atoms with Gasteiger partial charge in [0.05, 0.1) is 29.7 Å². The number of aliphatic hydroxyl groups is 2. The summed E-state index contributed by atoms with van der Waals surface area (Å²) in [7, 11) is 0. The second-order valence-electron chi connectivity index (χ2n) is 8.55. The molecule has 2 amide bonds. The predicted molar refractivity (Wildman–Crippen MR) is 110 cm³/mol. The monoisotopic (exact) mass is 421 g/mol. The number of amides is 2. The smallest absolute Gasteiger partial charge is 0.238 e. The van der Waals surface area contributed by atoms with Gasteiger partial charge in [-0.25, -0.2) is 4.90 Å². The number of Topliss-reactive ketones (excluding diaryl/α,β-unsaturated/α-hetero) is 1. The van der Waals surface area contributed by atoms with Crippen LogP contribution in [0.4, 0.5) is 5.69 Å². The SMILES string of the molecule is O=C1C[C@@H](O)[C@@H](O)[C@@H]2[C@@H]3C(=O)N(c4cccc(Oc5ccccc5)c4)C(=O)[C@@H]3CC[C@H]12. The highest BCUT2D eigenvalue weighted by Crippen LogP contribution is 2.50. The van der Waals surface area contributed by atoms with Crippen molar-refractivity contribution in [3.05, 3.63) is 54.6 Å². The second kappa shape index (κ2) is 7.59. The quantitative estimate of drug-likeness (QED) is 0.737. The lowest BCUT2D eigenvalue weighted by Crippen LogP contribution is -2.54. The van der Waals surface area contributed by atoms with Crippen molar-refractivity contribution in [3.63, 3.8) is 0 Å². The molecule has 160 valence electrons. The normalized spacial score (nSPS) is 32.6. The topological polar surface area (TPSA) is 104 Å². The Morgan fingerprint density at radius 1 is 0.839 bits per heavy atom. The number of nitrogens with zero attached hydrogens (tertiary/aromatic N) is 1. The molecule has 2 aromatic carbocycles. The van der Waals surface area contributed by atoms with E-state index < -0.39 is 41.8 Å². The molecule has 2 N–H and O–H groups in total. The maximum atomic E-state index is 13.4. The van der Waals surface area contributed by atoms with Crippen LogP contribution in [0.15, 0.2) is 54.6 Å². The number of rotatable bonds is 3. The zero-order valence-electron chi connectivity index (χ0n) is 16.8. The number of anilines is 1. The molecule has 0 spiro atoms. The third kappa shape index (κ3) is 3.25. The van der Waals surface area contributed by atoms with Gasteiger partial charge in [-0.1, -0.05) is 24.3 Å². The number of aliphatic hydroxyl groups excluding tert-OH is 2. The summed E-state index contributed by atoms with van der Waals surface area (Å²) >= 11 is 0. The highest BCUT2D eigenvalue weighted by Gasteiger charge is 2.60. The first-order chi connectivity index (χ1) is 15.0. The summed E-state index contributed by atoms with van der Waals surface area (Å²) in [5.74, 6) is -2.41. The van der Waals surface area contributed by atoms with E-state index in [4.69, 9.17) is 4.74 Å². The van der Waals surface area contributed by atoms with Gasteiger partial charge < -0.3 is 14.9 Å². The van der Waals surface area contributed by atoms with Gasteiger partial charge in [0.15, 0.2) is 0 Å². The van der Waals surface area contributed by atoms with Crippen LogP contribution in [0.1, 0.15) is 19.3 Å². The molecule has 2 saturated carbocycles. The molecule has 0 bridgehead atoms. The van der Waals surface area contributed by atoms with E-state index >= 15 is 0 Å². The Bertz CT molecular complexity index is 1040. The van der Waals surface area contributed by atoms with Crippen molar-refractivity contribution in [1.82, 2.24) is 0 Å². The molecule has 3 fully saturated rings. The Labute approximate surface area is 179 Å². The number of carbonyl (C=O) groups is 3. The number of carbonyl (C=O) groups excluding carboxylic acids is 3. The Hall–Kier alpha value is -3.03. The van der Waals surface area contributed by atoms with E-state index in [2.05, 4.69) is 0 Å². The van der Waals surface area contributed by atoms with Gasteiger partial charge >= 0.3 is 0 Å². The summed E-state index contributed by atoms with van der Waals surface area (Å²) in [5.41, 5.74) is 0.395. The summed E-state index contributed by atoms with van der Waals surface area (Å²) in [6, 6.07) is 15.9. The van der Waals surface area contributed by atoms with Crippen molar-refractivity contribution >= 4 is 23.3 Å². The van der Waals surface area contributed by atoms with Crippen LogP contribution in [0.3, 0.4) is 0 Å². The van der Waals surface area contributed by atoms with Gasteiger partial charge in [-0.15, -0.1) is 0 Å². The molecular weight excluding hydrogens is 398 g/mol. The Kier molecular flexibility index (Phi) is 4.87. The fraction of sp³-hybridized carbons (Fsp3) is 0.375. The maximum absolute atomic E-state index is 13.4. The van der Waals surface area contributed by atoms with E-state index in [1.54, 1.807) is 36.4 Å². The van der Waals surface area contributed by atoms with Gasteiger partial charge in [-0.3, -0.25) is 14.4 Å². The van der Waals surface area contributed by atoms with Crippen LogP contribution < -0.4 is 9.64 Å². The third-order valence-corrected chi connectivity index (χ3v) is 6.81. The van der Waals surface area contributed by atoms with Gasteiger partial charge in [0, 0.05) is 24.3 Å². The molecule has 7 nitrogen and oxygen atoms in total. The highest BCUT2D eigenvalue weighted by molar-refractivity contribution is 6.22. The van der Waals surface area contributed by atoms with E-state index in [-0.39, 0.29) is 18.1 Å². The summed E-state index contributed by atoms with van der Waals surface area (Å²) in [5, 5.41) is 20.7. The lowest BCUT2D eigenvalue weighted by Gasteiger charge is -2.44.